The Morgan fingerprint density at radius 3 is 1.77 bits per heavy atom. The summed E-state index contributed by atoms with van der Waals surface area (Å²) in [5.41, 5.74) is 4.45. The molecule has 0 N–H and O–H groups in total. The predicted molar refractivity (Wildman–Crippen MR) is 126 cm³/mol. The Hall–Kier alpha value is -3.41. The number of nitrogens with zero attached hydrogens (tertiary/aromatic N) is 6. The molecule has 0 atom stereocenters. The standard InChI is InChI=1S/C24H31N6/c1-19(2)24-29(25-17-20-7-11-22(12-8-20)27(3)4)15-16-30(24)26-18-21-9-13-23(14-10-21)28(5)6/h7-19H,1-6H3/q+1. The van der Waals surface area contributed by atoms with E-state index in [4.69, 9.17) is 0 Å². The zero-order valence-corrected chi connectivity index (χ0v) is 18.7. The molecule has 0 saturated carbocycles. The predicted octanol–water partition coefficient (Wildman–Crippen LogP) is 3.80. The fourth-order valence-corrected chi connectivity index (χ4v) is 3.08. The van der Waals surface area contributed by atoms with Gasteiger partial charge in [-0.2, -0.15) is 0 Å². The highest BCUT2D eigenvalue weighted by Crippen LogP contribution is 2.13. The van der Waals surface area contributed by atoms with Crippen molar-refractivity contribution in [2.24, 2.45) is 10.2 Å². The van der Waals surface area contributed by atoms with Gasteiger partial charge >= 0.3 is 5.82 Å². The highest BCUT2D eigenvalue weighted by Gasteiger charge is 2.20. The van der Waals surface area contributed by atoms with Crippen molar-refractivity contribution in [1.82, 2.24) is 4.68 Å². The molecule has 6 nitrogen and oxygen atoms in total. The van der Waals surface area contributed by atoms with Gasteiger partial charge in [-0.25, -0.2) is 0 Å². The van der Waals surface area contributed by atoms with Crippen molar-refractivity contribution in [2.45, 2.75) is 19.8 Å². The third kappa shape index (κ3) is 5.14. The van der Waals surface area contributed by atoms with Crippen molar-refractivity contribution in [1.29, 1.82) is 0 Å². The molecular formula is C24H31N6+. The van der Waals surface area contributed by atoms with Gasteiger partial charge in [0.25, 0.3) is 0 Å². The van der Waals surface area contributed by atoms with E-state index in [0.29, 0.717) is 0 Å². The van der Waals surface area contributed by atoms with Crippen LogP contribution in [0.1, 0.15) is 36.7 Å². The van der Waals surface area contributed by atoms with Gasteiger partial charge in [0.15, 0.2) is 12.4 Å². The number of aromatic nitrogens is 2. The molecule has 0 bridgehead atoms. The van der Waals surface area contributed by atoms with Gasteiger partial charge in [0, 0.05) is 39.6 Å². The van der Waals surface area contributed by atoms with Crippen molar-refractivity contribution in [3.05, 3.63) is 77.9 Å². The van der Waals surface area contributed by atoms with Crippen LogP contribution in [0.2, 0.25) is 0 Å². The highest BCUT2D eigenvalue weighted by molar-refractivity contribution is 5.80. The normalized spacial score (nSPS) is 11.7. The summed E-state index contributed by atoms with van der Waals surface area (Å²) in [6.07, 6.45) is 7.62. The van der Waals surface area contributed by atoms with Crippen LogP contribution >= 0.6 is 0 Å². The average molecular weight is 404 g/mol. The smallest absolute Gasteiger partial charge is 0.310 e. The lowest BCUT2D eigenvalue weighted by atomic mass is 10.2. The molecule has 0 amide bonds. The summed E-state index contributed by atoms with van der Waals surface area (Å²) in [4.78, 5) is 4.16. The molecule has 0 unspecified atom stereocenters. The van der Waals surface area contributed by atoms with Crippen molar-refractivity contribution in [3.63, 3.8) is 0 Å². The molecule has 1 aromatic heterocycles. The van der Waals surface area contributed by atoms with Crippen LogP contribution in [0.4, 0.5) is 11.4 Å². The van der Waals surface area contributed by atoms with Gasteiger partial charge in [0.05, 0.1) is 18.3 Å². The number of rotatable bonds is 7. The van der Waals surface area contributed by atoms with E-state index in [-0.39, 0.29) is 5.92 Å². The number of anilines is 2. The number of hydrogen-bond donors (Lipinski definition) is 0. The minimum absolute atomic E-state index is 0.265. The average Bonchev–Trinajstić information content (AvgIpc) is 3.14. The molecule has 0 fully saturated rings. The van der Waals surface area contributed by atoms with Crippen LogP contribution in [0, 0.1) is 0 Å². The summed E-state index contributed by atoms with van der Waals surface area (Å²) >= 11 is 0. The van der Waals surface area contributed by atoms with Gasteiger partial charge in [-0.3, -0.25) is 0 Å². The molecule has 2 aromatic carbocycles. The Morgan fingerprint density at radius 1 is 0.800 bits per heavy atom. The molecular weight excluding hydrogens is 372 g/mol. The van der Waals surface area contributed by atoms with Gasteiger partial charge in [-0.05, 0) is 35.4 Å². The third-order valence-corrected chi connectivity index (χ3v) is 4.82. The Morgan fingerprint density at radius 2 is 1.30 bits per heavy atom. The van der Waals surface area contributed by atoms with Crippen LogP contribution in [0.25, 0.3) is 0 Å². The summed E-state index contributed by atoms with van der Waals surface area (Å²) in [6.45, 7) is 4.29. The zero-order valence-electron chi connectivity index (χ0n) is 18.7. The van der Waals surface area contributed by atoms with E-state index >= 15 is 0 Å². The summed E-state index contributed by atoms with van der Waals surface area (Å²) in [5.74, 6) is 1.28. The van der Waals surface area contributed by atoms with Gasteiger partial charge in [-0.1, -0.05) is 48.3 Å². The fourth-order valence-electron chi connectivity index (χ4n) is 3.08. The Balaban J connectivity index is 1.80. The molecule has 3 aromatic rings. The van der Waals surface area contributed by atoms with Crippen molar-refractivity contribution in [3.8, 4) is 0 Å². The molecule has 1 heterocycles. The molecule has 6 heteroatoms. The summed E-state index contributed by atoms with van der Waals surface area (Å²) < 4.78 is 3.77. The van der Waals surface area contributed by atoms with Crippen molar-refractivity contribution >= 4 is 23.8 Å². The quantitative estimate of drug-likeness (QED) is 0.445. The van der Waals surface area contributed by atoms with Crippen LogP contribution in [0.5, 0.6) is 0 Å². The molecule has 3 rings (SSSR count). The lowest BCUT2D eigenvalue weighted by Gasteiger charge is -2.11. The minimum atomic E-state index is 0.265. The van der Waals surface area contributed by atoms with E-state index in [2.05, 4.69) is 82.4 Å². The molecule has 0 radical (unpaired) electrons. The first-order valence-electron chi connectivity index (χ1n) is 10.1. The van der Waals surface area contributed by atoms with E-state index in [9.17, 15) is 0 Å². The number of imidazole rings is 1. The largest absolute Gasteiger partial charge is 0.378 e. The maximum Gasteiger partial charge on any atom is 0.310 e. The Labute approximate surface area is 179 Å². The molecule has 0 aliphatic carbocycles. The maximum absolute atomic E-state index is 4.66. The van der Waals surface area contributed by atoms with Crippen LogP contribution in [0.3, 0.4) is 0 Å². The van der Waals surface area contributed by atoms with E-state index in [0.717, 1.165) is 17.0 Å². The first kappa shape index (κ1) is 21.3. The minimum Gasteiger partial charge on any atom is -0.378 e. The number of hydrogen-bond acceptors (Lipinski definition) is 4. The van der Waals surface area contributed by atoms with E-state index in [1.165, 1.54) is 11.4 Å². The van der Waals surface area contributed by atoms with Crippen molar-refractivity contribution in [2.75, 3.05) is 38.0 Å². The summed E-state index contributed by atoms with van der Waals surface area (Å²) in [5, 5.41) is 9.31. The molecule has 0 spiro atoms. The van der Waals surface area contributed by atoms with Gasteiger partial charge in [0.2, 0.25) is 0 Å². The van der Waals surface area contributed by atoms with Gasteiger partial charge in [0.1, 0.15) is 0 Å². The van der Waals surface area contributed by atoms with Gasteiger partial charge in [-0.15, -0.1) is 9.35 Å². The van der Waals surface area contributed by atoms with Crippen LogP contribution in [0.15, 0.2) is 71.1 Å². The van der Waals surface area contributed by atoms with E-state index in [1.807, 2.05) is 62.4 Å². The summed E-state index contributed by atoms with van der Waals surface area (Å²) in [6, 6.07) is 16.6. The first-order valence-corrected chi connectivity index (χ1v) is 10.1. The monoisotopic (exact) mass is 403 g/mol. The van der Waals surface area contributed by atoms with Crippen LogP contribution in [-0.4, -0.2) is 45.3 Å². The second kappa shape index (κ2) is 9.39. The summed E-state index contributed by atoms with van der Waals surface area (Å²) in [7, 11) is 8.14. The molecule has 156 valence electrons. The lowest BCUT2D eigenvalue weighted by molar-refractivity contribution is -0.686. The second-order valence-corrected chi connectivity index (χ2v) is 7.96. The fraction of sp³-hybridized carbons (Fsp3) is 0.292. The molecule has 0 aliphatic heterocycles. The highest BCUT2D eigenvalue weighted by atomic mass is 15.5. The SMILES string of the molecule is CC(C)c1n(N=Cc2ccc(N(C)C)cc2)cc[n+]1N=Cc1ccc(N(C)C)cc1. The van der Waals surface area contributed by atoms with Crippen LogP contribution < -0.4 is 14.5 Å². The lowest BCUT2D eigenvalue weighted by Crippen LogP contribution is -2.32. The van der Waals surface area contributed by atoms with E-state index in [1.54, 1.807) is 0 Å². The first-order chi connectivity index (χ1) is 14.3. The Bertz CT molecular complexity index is 930. The maximum atomic E-state index is 4.66. The molecule has 30 heavy (non-hydrogen) atoms. The van der Waals surface area contributed by atoms with Gasteiger partial charge < -0.3 is 9.80 Å². The van der Waals surface area contributed by atoms with Crippen LogP contribution in [-0.2, 0) is 0 Å². The Kier molecular flexibility index (Phi) is 6.67. The molecule has 0 saturated heterocycles. The third-order valence-electron chi connectivity index (χ3n) is 4.82. The molecule has 0 aliphatic rings. The topological polar surface area (TPSA) is 40.0 Å². The number of benzene rings is 2. The van der Waals surface area contributed by atoms with Crippen molar-refractivity contribution < 1.29 is 4.68 Å². The second-order valence-electron chi connectivity index (χ2n) is 7.96. The van der Waals surface area contributed by atoms with E-state index < -0.39 is 0 Å². The zero-order chi connectivity index (χ0) is 21.7.